The van der Waals surface area contributed by atoms with Crippen molar-refractivity contribution < 1.29 is 9.53 Å². The molecule has 1 aliphatic rings. The first-order valence-electron chi connectivity index (χ1n) is 8.05. The number of likely N-dealkylation sites (tertiary alicyclic amines) is 1. The van der Waals surface area contributed by atoms with Gasteiger partial charge in [0.05, 0.1) is 7.11 Å². The van der Waals surface area contributed by atoms with Gasteiger partial charge in [0.2, 0.25) is 0 Å². The molecule has 2 rings (SSSR count). The Morgan fingerprint density at radius 1 is 1.29 bits per heavy atom. The van der Waals surface area contributed by atoms with Gasteiger partial charge in [0.15, 0.2) is 0 Å². The van der Waals surface area contributed by atoms with Gasteiger partial charge in [-0.1, -0.05) is 37.3 Å². The first-order valence-corrected chi connectivity index (χ1v) is 8.05. The summed E-state index contributed by atoms with van der Waals surface area (Å²) in [4.78, 5) is 13.6. The average molecular weight is 289 g/mol. The molecular formula is C18H27NO2. The van der Waals surface area contributed by atoms with E-state index in [9.17, 15) is 4.79 Å². The third-order valence-corrected chi connectivity index (χ3v) is 4.55. The van der Waals surface area contributed by atoms with Crippen molar-refractivity contribution in [3.8, 4) is 0 Å². The summed E-state index contributed by atoms with van der Waals surface area (Å²) in [7, 11) is 1.46. The molecule has 0 radical (unpaired) electrons. The molecule has 0 spiro atoms. The monoisotopic (exact) mass is 289 g/mol. The number of esters is 1. The lowest BCUT2D eigenvalue weighted by atomic mass is 9.81. The highest BCUT2D eigenvalue weighted by molar-refractivity contribution is 5.68. The smallest absolute Gasteiger partial charge is 0.305 e. The largest absolute Gasteiger partial charge is 0.469 e. The summed E-state index contributed by atoms with van der Waals surface area (Å²) >= 11 is 0. The zero-order valence-electron chi connectivity index (χ0n) is 13.3. The minimum absolute atomic E-state index is 0.0915. The van der Waals surface area contributed by atoms with Crippen molar-refractivity contribution in [1.82, 2.24) is 4.90 Å². The zero-order chi connectivity index (χ0) is 15.1. The maximum Gasteiger partial charge on any atom is 0.305 e. The average Bonchev–Trinajstić information content (AvgIpc) is 2.52. The fourth-order valence-electron chi connectivity index (χ4n) is 3.34. The highest BCUT2D eigenvalue weighted by Crippen LogP contribution is 2.32. The van der Waals surface area contributed by atoms with Crippen LogP contribution in [0.4, 0.5) is 0 Å². The Labute approximate surface area is 128 Å². The van der Waals surface area contributed by atoms with Gasteiger partial charge in [-0.25, -0.2) is 0 Å². The van der Waals surface area contributed by atoms with E-state index in [1.165, 1.54) is 25.6 Å². The van der Waals surface area contributed by atoms with Crippen molar-refractivity contribution in [3.05, 3.63) is 35.9 Å². The number of carbonyl (C=O) groups excluding carboxylic acids is 1. The molecule has 1 aromatic carbocycles. The summed E-state index contributed by atoms with van der Waals surface area (Å²) in [5, 5.41) is 0. The van der Waals surface area contributed by atoms with E-state index < -0.39 is 0 Å². The Hall–Kier alpha value is -1.35. The SMILES string of the molecule is COC(=O)CCCCN1CC[C@@H](c2ccccc2)[C@@H](C)C1. The van der Waals surface area contributed by atoms with Crippen molar-refractivity contribution >= 4 is 5.97 Å². The number of hydrogen-bond donors (Lipinski definition) is 0. The number of piperidine rings is 1. The lowest BCUT2D eigenvalue weighted by Crippen LogP contribution is -2.38. The van der Waals surface area contributed by atoms with Gasteiger partial charge < -0.3 is 9.64 Å². The van der Waals surface area contributed by atoms with E-state index in [4.69, 9.17) is 0 Å². The Morgan fingerprint density at radius 3 is 2.71 bits per heavy atom. The van der Waals surface area contributed by atoms with Gasteiger partial charge in [0.1, 0.15) is 0 Å². The number of unbranched alkanes of at least 4 members (excludes halogenated alkanes) is 1. The minimum atomic E-state index is -0.0915. The van der Waals surface area contributed by atoms with Crippen LogP contribution in [-0.2, 0) is 9.53 Å². The molecule has 0 aromatic heterocycles. The van der Waals surface area contributed by atoms with Crippen LogP contribution >= 0.6 is 0 Å². The summed E-state index contributed by atoms with van der Waals surface area (Å²) < 4.78 is 4.67. The van der Waals surface area contributed by atoms with Crippen LogP contribution in [0.2, 0.25) is 0 Å². The van der Waals surface area contributed by atoms with E-state index >= 15 is 0 Å². The van der Waals surface area contributed by atoms with Gasteiger partial charge >= 0.3 is 5.97 Å². The molecule has 2 atom stereocenters. The van der Waals surface area contributed by atoms with Gasteiger partial charge in [-0.2, -0.15) is 0 Å². The normalized spacial score (nSPS) is 23.0. The first kappa shape index (κ1) is 16.0. The van der Waals surface area contributed by atoms with Crippen molar-refractivity contribution in [1.29, 1.82) is 0 Å². The van der Waals surface area contributed by atoms with Crippen LogP contribution in [-0.4, -0.2) is 37.6 Å². The van der Waals surface area contributed by atoms with Gasteiger partial charge in [-0.05, 0) is 49.8 Å². The molecule has 0 unspecified atom stereocenters. The van der Waals surface area contributed by atoms with Crippen molar-refractivity contribution in [2.24, 2.45) is 5.92 Å². The number of benzene rings is 1. The van der Waals surface area contributed by atoms with Crippen molar-refractivity contribution in [2.75, 3.05) is 26.7 Å². The maximum absolute atomic E-state index is 11.1. The molecular weight excluding hydrogens is 262 g/mol. The van der Waals surface area contributed by atoms with E-state index in [0.29, 0.717) is 18.3 Å². The number of carbonyl (C=O) groups is 1. The van der Waals surface area contributed by atoms with Crippen molar-refractivity contribution in [3.63, 3.8) is 0 Å². The second-order valence-electron chi connectivity index (χ2n) is 6.12. The standard InChI is InChI=1S/C18H27NO2/c1-15-14-19(12-7-6-10-18(20)21-2)13-11-17(15)16-8-4-3-5-9-16/h3-5,8-9,15,17H,6-7,10-14H2,1-2H3/t15-,17+/m0/s1. The quantitative estimate of drug-likeness (QED) is 0.593. The van der Waals surface area contributed by atoms with Crippen LogP contribution in [0.25, 0.3) is 0 Å². The molecule has 0 bridgehead atoms. The Kier molecular flexibility index (Phi) is 6.24. The predicted octanol–water partition coefficient (Wildman–Crippen LogP) is 3.46. The molecule has 0 saturated carbocycles. The number of nitrogens with zero attached hydrogens (tertiary/aromatic N) is 1. The lowest BCUT2D eigenvalue weighted by molar-refractivity contribution is -0.140. The molecule has 0 amide bonds. The molecule has 0 N–H and O–H groups in total. The molecule has 21 heavy (non-hydrogen) atoms. The van der Waals surface area contributed by atoms with Gasteiger partial charge in [0.25, 0.3) is 0 Å². The van der Waals surface area contributed by atoms with Crippen LogP contribution in [0.5, 0.6) is 0 Å². The molecule has 1 heterocycles. The molecule has 1 aliphatic heterocycles. The molecule has 1 saturated heterocycles. The number of hydrogen-bond acceptors (Lipinski definition) is 3. The van der Waals surface area contributed by atoms with Crippen LogP contribution in [0.1, 0.15) is 44.1 Å². The van der Waals surface area contributed by atoms with E-state index in [2.05, 4.69) is 46.9 Å². The predicted molar refractivity (Wildman–Crippen MR) is 85.3 cm³/mol. The summed E-state index contributed by atoms with van der Waals surface area (Å²) in [6, 6.07) is 10.9. The summed E-state index contributed by atoms with van der Waals surface area (Å²) in [6.07, 6.45) is 3.80. The molecule has 116 valence electrons. The summed E-state index contributed by atoms with van der Waals surface area (Å²) in [6.45, 7) is 5.79. The first-order chi connectivity index (χ1) is 10.2. The van der Waals surface area contributed by atoms with E-state index in [-0.39, 0.29) is 5.97 Å². The van der Waals surface area contributed by atoms with Crippen molar-refractivity contribution in [2.45, 2.75) is 38.5 Å². The van der Waals surface area contributed by atoms with Gasteiger partial charge in [-0.15, -0.1) is 0 Å². The fraction of sp³-hybridized carbons (Fsp3) is 0.611. The maximum atomic E-state index is 11.1. The molecule has 3 heteroatoms. The minimum Gasteiger partial charge on any atom is -0.469 e. The third kappa shape index (κ3) is 4.85. The van der Waals surface area contributed by atoms with E-state index in [1.807, 2.05) is 0 Å². The fourth-order valence-corrected chi connectivity index (χ4v) is 3.34. The highest BCUT2D eigenvalue weighted by Gasteiger charge is 2.26. The second-order valence-corrected chi connectivity index (χ2v) is 6.12. The summed E-state index contributed by atoms with van der Waals surface area (Å²) in [5.74, 6) is 1.30. The third-order valence-electron chi connectivity index (χ3n) is 4.55. The van der Waals surface area contributed by atoms with Gasteiger partial charge in [0, 0.05) is 13.0 Å². The Morgan fingerprint density at radius 2 is 2.05 bits per heavy atom. The zero-order valence-corrected chi connectivity index (χ0v) is 13.3. The lowest BCUT2D eigenvalue weighted by Gasteiger charge is -2.37. The number of rotatable bonds is 6. The molecule has 0 aliphatic carbocycles. The van der Waals surface area contributed by atoms with E-state index in [0.717, 1.165) is 25.9 Å². The molecule has 1 aromatic rings. The molecule has 1 fully saturated rings. The summed E-state index contributed by atoms with van der Waals surface area (Å²) in [5.41, 5.74) is 1.48. The topological polar surface area (TPSA) is 29.5 Å². The van der Waals surface area contributed by atoms with Crippen LogP contribution in [0.15, 0.2) is 30.3 Å². The Bertz CT molecular complexity index is 432. The van der Waals surface area contributed by atoms with Crippen LogP contribution < -0.4 is 0 Å². The van der Waals surface area contributed by atoms with Crippen LogP contribution in [0, 0.1) is 5.92 Å². The van der Waals surface area contributed by atoms with Gasteiger partial charge in [-0.3, -0.25) is 4.79 Å². The van der Waals surface area contributed by atoms with Crippen LogP contribution in [0.3, 0.4) is 0 Å². The Balaban J connectivity index is 1.72. The number of ether oxygens (including phenoxy) is 1. The second kappa shape index (κ2) is 8.18. The van der Waals surface area contributed by atoms with E-state index in [1.54, 1.807) is 0 Å². The molecule has 3 nitrogen and oxygen atoms in total. The highest BCUT2D eigenvalue weighted by atomic mass is 16.5. The number of methoxy groups -OCH3 is 1.